The summed E-state index contributed by atoms with van der Waals surface area (Å²) in [7, 11) is 2.16. The molecule has 2 aromatic carbocycles. The van der Waals surface area contributed by atoms with E-state index in [9.17, 15) is 30.6 Å². The van der Waals surface area contributed by atoms with E-state index in [1.54, 1.807) is 6.20 Å². The van der Waals surface area contributed by atoms with Crippen LogP contribution in [-0.4, -0.2) is 253 Å². The number of hydrogen-bond donors (Lipinski definition) is 13. The third-order valence-corrected chi connectivity index (χ3v) is 17.6. The van der Waals surface area contributed by atoms with Crippen molar-refractivity contribution in [3.8, 4) is 17.1 Å². The van der Waals surface area contributed by atoms with Crippen molar-refractivity contribution >= 4 is 16.7 Å². The molecule has 32 nitrogen and oxygen atoms in total. The number of aromatic nitrogens is 11. The average Bonchev–Trinajstić information content (AvgIpc) is 2.27. The molecule has 11 rings (SSSR count). The number of nitrogens with two attached hydrogens (primary N) is 6. The monoisotopic (exact) mass is 1250 g/mol. The Balaban J connectivity index is 0.617. The van der Waals surface area contributed by atoms with Gasteiger partial charge in [0.15, 0.2) is 18.9 Å². The molecule has 0 radical (unpaired) electrons. The minimum absolute atomic E-state index is 0.0398. The second kappa shape index (κ2) is 29.2. The van der Waals surface area contributed by atoms with E-state index in [1.807, 2.05) is 46.0 Å². The predicted octanol–water partition coefficient (Wildman–Crippen LogP) is -4.10. The number of benzene rings is 2. The quantitative estimate of drug-likeness (QED) is 0.0230. The Labute approximate surface area is 513 Å². The highest BCUT2D eigenvalue weighted by Crippen LogP contribution is 2.36. The van der Waals surface area contributed by atoms with Crippen molar-refractivity contribution in [3.05, 3.63) is 78.1 Å². The molecule has 0 bridgehead atoms. The molecule has 5 aliphatic rings. The van der Waals surface area contributed by atoms with Gasteiger partial charge >= 0.3 is 0 Å². The predicted molar refractivity (Wildman–Crippen MR) is 317 cm³/mol. The minimum Gasteiger partial charge on any atom is -0.487 e. The van der Waals surface area contributed by atoms with Crippen LogP contribution in [0.1, 0.15) is 55.6 Å². The molecule has 5 fully saturated rings. The Kier molecular flexibility index (Phi) is 21.2. The molecule has 4 aromatic heterocycles. The van der Waals surface area contributed by atoms with Crippen LogP contribution in [-0.2, 0) is 67.5 Å². The molecular weight excluding hydrogens is 1160 g/mol. The summed E-state index contributed by atoms with van der Waals surface area (Å²) in [5.41, 5.74) is 43.5. The summed E-state index contributed by atoms with van der Waals surface area (Å²) in [6, 6.07) is 10.0. The zero-order chi connectivity index (χ0) is 62.5. The molecule has 19 N–H and O–H groups in total. The molecule has 0 amide bonds. The molecule has 0 spiro atoms. The topological polar surface area (TPSA) is 469 Å². The molecule has 32 heteroatoms. The fraction of sp³-hybridized carbons (Fsp3) is 0.667. The summed E-state index contributed by atoms with van der Waals surface area (Å²) < 4.78 is 48.1. The molecule has 4 aliphatic heterocycles. The van der Waals surface area contributed by atoms with E-state index >= 15 is 0 Å². The number of likely N-dealkylation sites (N-methyl/N-ethyl adjacent to an activating group) is 1. The van der Waals surface area contributed by atoms with E-state index in [-0.39, 0.29) is 26.1 Å². The highest BCUT2D eigenvalue weighted by atomic mass is 16.8. The maximum Gasteiger partial charge on any atom is 0.187 e. The number of aliphatic hydroxyl groups excluding tert-OH is 6. The molecule has 488 valence electrons. The van der Waals surface area contributed by atoms with Gasteiger partial charge in [0.1, 0.15) is 91.0 Å². The van der Waals surface area contributed by atoms with Crippen molar-refractivity contribution in [1.82, 2.24) is 59.8 Å². The number of fused-ring (bicyclic) bond motifs is 1. The molecule has 9 unspecified atom stereocenters. The summed E-state index contributed by atoms with van der Waals surface area (Å²) >= 11 is 0. The number of unbranched alkanes of at least 4 members (excludes halogenated alkanes) is 3. The van der Waals surface area contributed by atoms with Crippen molar-refractivity contribution in [1.29, 1.82) is 0 Å². The zero-order valence-electron chi connectivity index (χ0n) is 49.8. The number of aliphatic hydroxyl groups is 6. The van der Waals surface area contributed by atoms with Gasteiger partial charge in [-0.2, -0.15) is 0 Å². The molecule has 19 atom stereocenters. The van der Waals surface area contributed by atoms with Gasteiger partial charge in [-0.05, 0) is 101 Å². The van der Waals surface area contributed by atoms with Gasteiger partial charge in [-0.25, -0.2) is 9.67 Å². The molecule has 89 heavy (non-hydrogen) atoms. The van der Waals surface area contributed by atoms with Crippen LogP contribution >= 0.6 is 0 Å². The molecule has 1 saturated carbocycles. The van der Waals surface area contributed by atoms with Crippen LogP contribution in [0.3, 0.4) is 0 Å². The highest BCUT2D eigenvalue weighted by molar-refractivity contribution is 5.83. The second-order valence-corrected chi connectivity index (χ2v) is 24.1. The number of hydrogen-bond acceptors (Lipinski definition) is 28. The lowest BCUT2D eigenvalue weighted by Crippen LogP contribution is -2.68. The van der Waals surface area contributed by atoms with Crippen LogP contribution in [0.4, 0.5) is 5.69 Å². The first-order valence-corrected chi connectivity index (χ1v) is 30.8. The van der Waals surface area contributed by atoms with Gasteiger partial charge in [0.25, 0.3) is 0 Å². The summed E-state index contributed by atoms with van der Waals surface area (Å²) in [6.45, 7) is 5.51. The smallest absolute Gasteiger partial charge is 0.187 e. The number of nitrogens with zero attached hydrogens (tertiary/aromatic N) is 12. The van der Waals surface area contributed by atoms with Crippen molar-refractivity contribution in [2.45, 2.75) is 194 Å². The Morgan fingerprint density at radius 2 is 1.13 bits per heavy atom. The van der Waals surface area contributed by atoms with Crippen LogP contribution in [0.5, 0.6) is 5.75 Å². The molecule has 6 aromatic rings. The number of anilines is 1. The summed E-state index contributed by atoms with van der Waals surface area (Å²) in [6.07, 6.45) is -8.68. The summed E-state index contributed by atoms with van der Waals surface area (Å²) in [4.78, 5) is 13.1. The van der Waals surface area contributed by atoms with Gasteiger partial charge in [0.05, 0.1) is 53.4 Å². The van der Waals surface area contributed by atoms with Crippen LogP contribution in [0.25, 0.3) is 22.4 Å². The normalized spacial score (nSPS) is 33.0. The Hall–Kier alpha value is -5.83. The van der Waals surface area contributed by atoms with Gasteiger partial charge in [-0.1, -0.05) is 15.6 Å². The van der Waals surface area contributed by atoms with Crippen molar-refractivity contribution in [2.75, 3.05) is 51.2 Å². The molecule has 4 saturated heterocycles. The third-order valence-electron chi connectivity index (χ3n) is 17.6. The minimum atomic E-state index is -1.62. The zero-order valence-corrected chi connectivity index (χ0v) is 49.8. The van der Waals surface area contributed by atoms with Gasteiger partial charge in [-0.15, -0.1) is 15.3 Å². The highest BCUT2D eigenvalue weighted by Gasteiger charge is 2.55. The Morgan fingerprint density at radius 3 is 1.76 bits per heavy atom. The maximum atomic E-state index is 12.0. The SMILES string of the molecule is CN1CCN(c2ccc3nc(-c4ccc(OCc5cn(CCCCCn6cc(CCCCc7cn(C[C@H]8OC(O[C@@H]9[C@H](O)C(N)CC(N)[C@H]9OC9OC(CN)[C@@H](O)[C@H](O)[C@@H]9N)[C@@H](O)[C@H]8OC8O[C@@H](CN)C(O)C(O)C8N)nn7)nn6)nn5)cc4)[nH]c3c2)CC1. The van der Waals surface area contributed by atoms with Gasteiger partial charge in [-0.3, -0.25) is 9.36 Å². The van der Waals surface area contributed by atoms with Crippen LogP contribution in [0.2, 0.25) is 0 Å². The average molecular weight is 1250 g/mol. The van der Waals surface area contributed by atoms with E-state index in [1.165, 1.54) is 10.4 Å². The van der Waals surface area contributed by atoms with Gasteiger partial charge in [0, 0.05) is 88.1 Å². The number of nitrogens with one attached hydrogen (secondary N) is 1. The second-order valence-electron chi connectivity index (χ2n) is 24.1. The number of rotatable bonds is 26. The van der Waals surface area contributed by atoms with E-state index in [0.29, 0.717) is 25.1 Å². The number of aromatic amines is 1. The largest absolute Gasteiger partial charge is 0.487 e. The molecule has 1 aliphatic carbocycles. The van der Waals surface area contributed by atoms with Crippen molar-refractivity contribution in [3.63, 3.8) is 0 Å². The van der Waals surface area contributed by atoms with E-state index in [4.69, 9.17) is 72.5 Å². The number of imidazole rings is 1. The first-order chi connectivity index (χ1) is 43.0. The molecular formula is C57H87N19O13. The fourth-order valence-electron chi connectivity index (χ4n) is 12.1. The van der Waals surface area contributed by atoms with Crippen molar-refractivity contribution < 1.29 is 63.8 Å². The summed E-state index contributed by atoms with van der Waals surface area (Å²) in [5, 5.41) is 92.0. The summed E-state index contributed by atoms with van der Waals surface area (Å²) in [5.74, 6) is 1.55. The fourth-order valence-corrected chi connectivity index (χ4v) is 12.1. The maximum absolute atomic E-state index is 12.0. The van der Waals surface area contributed by atoms with Crippen LogP contribution in [0.15, 0.2) is 61.1 Å². The number of ether oxygens (including phenoxy) is 7. The number of H-pyrrole nitrogens is 1. The van der Waals surface area contributed by atoms with E-state index < -0.39 is 116 Å². The van der Waals surface area contributed by atoms with Gasteiger partial charge < -0.3 is 113 Å². The first-order valence-electron chi connectivity index (χ1n) is 30.8. The lowest BCUT2D eigenvalue weighted by molar-refractivity contribution is -0.306. The van der Waals surface area contributed by atoms with Gasteiger partial charge in [0.2, 0.25) is 0 Å². The molecule has 8 heterocycles. The first kappa shape index (κ1) is 64.7. The number of aryl methyl sites for hydroxylation is 4. The number of piperazine rings is 1. The van der Waals surface area contributed by atoms with Crippen LogP contribution < -0.4 is 44.0 Å². The van der Waals surface area contributed by atoms with Crippen molar-refractivity contribution in [2.24, 2.45) is 34.4 Å². The van der Waals surface area contributed by atoms with E-state index in [0.717, 1.165) is 111 Å². The standard InChI is InChI=1S/C57H87N19O13/c1-72-17-19-73(20-18-72)34-11-14-38-39(21-34)65-54(64-38)30-9-12-35(13-10-30)83-29-33-27-75(70-68-33)16-6-2-5-15-74-25-31(66-69-74)7-3-4-8-32-26-76(71-67-32)28-42-52(88-56-44(63)49(81)47(79)41(24-59)85-56)50(82)57(86-42)89-53-45(77)36(60)22-37(61)51(53)87-55-43(62)48(80)46(78)40(23-58)84-55/h9-14,21,25-27,36-37,40-53,55-57,77-82H,2-8,15-20,22-24,28-29,58-63H2,1H3,(H,64,65)/t36?,37?,40?,41-,42+,43-,44?,45+,46+,47?,48+,49?,50-,51+,52-,53+,55?,56?,57?/m0/s1. The Bertz CT molecular complexity index is 3160. The third kappa shape index (κ3) is 15.2. The lowest BCUT2D eigenvalue weighted by atomic mass is 9.84. The Morgan fingerprint density at radius 1 is 0.573 bits per heavy atom. The van der Waals surface area contributed by atoms with Crippen LogP contribution in [0, 0.1) is 0 Å². The lowest BCUT2D eigenvalue weighted by Gasteiger charge is -2.47. The van der Waals surface area contributed by atoms with E-state index in [2.05, 4.69) is 71.0 Å².